The molecule has 4 nitrogen and oxygen atoms in total. The average molecular weight is 650 g/mol. The summed E-state index contributed by atoms with van der Waals surface area (Å²) in [6.45, 7) is 8.78. The minimum Gasteiger partial charge on any atom is -0.380 e. The number of likely N-dealkylation sites (tertiary alicyclic amines) is 1. The summed E-state index contributed by atoms with van der Waals surface area (Å²) >= 11 is 6.42. The molecule has 1 saturated heterocycles. The van der Waals surface area contributed by atoms with Crippen molar-refractivity contribution in [3.8, 4) is 0 Å². The molecule has 0 aliphatic carbocycles. The molecule has 0 unspecified atom stereocenters. The standard InChI is InChI=1S/C27H30Br2F4N2O2/c1-24(2,3)35-11-9-25(10-12-35,18-4-6-20(30)7-5-18)16-37-13-8-17-14-19(27(31,32)33)15-21-22(17)34-23(36)26(21,28)29/h4-7,14-15H,8-13,16H2,1-3H3,(H,34,36). The van der Waals surface area contributed by atoms with Gasteiger partial charge in [-0.1, -0.05) is 44.0 Å². The smallest absolute Gasteiger partial charge is 0.380 e. The second-order valence-corrected chi connectivity index (χ2v) is 14.3. The minimum atomic E-state index is -4.56. The Kier molecular flexibility index (Phi) is 7.89. The van der Waals surface area contributed by atoms with Crippen LogP contribution < -0.4 is 5.32 Å². The summed E-state index contributed by atoms with van der Waals surface area (Å²) in [5.41, 5.74) is 0.806. The fraction of sp³-hybridized carbons (Fsp3) is 0.519. The van der Waals surface area contributed by atoms with Gasteiger partial charge in [0.15, 0.2) is 3.23 Å². The van der Waals surface area contributed by atoms with Gasteiger partial charge in [0.05, 0.1) is 24.5 Å². The third-order valence-electron chi connectivity index (χ3n) is 7.43. The zero-order valence-electron chi connectivity index (χ0n) is 20.9. The summed E-state index contributed by atoms with van der Waals surface area (Å²) in [5, 5.41) is 2.69. The van der Waals surface area contributed by atoms with E-state index in [1.165, 1.54) is 12.1 Å². The van der Waals surface area contributed by atoms with Crippen molar-refractivity contribution < 1.29 is 27.1 Å². The van der Waals surface area contributed by atoms with E-state index in [1.807, 2.05) is 0 Å². The highest BCUT2D eigenvalue weighted by Crippen LogP contribution is 2.50. The molecule has 37 heavy (non-hydrogen) atoms. The van der Waals surface area contributed by atoms with Gasteiger partial charge >= 0.3 is 6.18 Å². The lowest BCUT2D eigenvalue weighted by Crippen LogP contribution is -2.51. The minimum absolute atomic E-state index is 0.0319. The van der Waals surface area contributed by atoms with Crippen molar-refractivity contribution in [3.63, 3.8) is 0 Å². The van der Waals surface area contributed by atoms with E-state index >= 15 is 0 Å². The third-order valence-corrected chi connectivity index (χ3v) is 9.00. The number of nitrogens with one attached hydrogen (secondary N) is 1. The van der Waals surface area contributed by atoms with Crippen LogP contribution in [0.3, 0.4) is 0 Å². The van der Waals surface area contributed by atoms with Crippen LogP contribution in [0.4, 0.5) is 23.2 Å². The van der Waals surface area contributed by atoms with Gasteiger partial charge in [-0.05, 0) is 88.5 Å². The van der Waals surface area contributed by atoms with Gasteiger partial charge in [-0.3, -0.25) is 9.69 Å². The molecule has 2 heterocycles. The van der Waals surface area contributed by atoms with Gasteiger partial charge < -0.3 is 10.1 Å². The van der Waals surface area contributed by atoms with Crippen LogP contribution in [-0.4, -0.2) is 42.6 Å². The molecule has 1 N–H and O–H groups in total. The number of rotatable bonds is 6. The van der Waals surface area contributed by atoms with Gasteiger partial charge in [0.25, 0.3) is 5.91 Å². The van der Waals surface area contributed by atoms with Crippen molar-refractivity contribution in [2.24, 2.45) is 0 Å². The largest absolute Gasteiger partial charge is 0.416 e. The number of hydrogen-bond acceptors (Lipinski definition) is 3. The fourth-order valence-corrected chi connectivity index (χ4v) is 5.97. The lowest BCUT2D eigenvalue weighted by atomic mass is 9.72. The molecule has 10 heteroatoms. The maximum absolute atomic E-state index is 13.6. The van der Waals surface area contributed by atoms with E-state index in [-0.39, 0.29) is 35.4 Å². The lowest BCUT2D eigenvalue weighted by Gasteiger charge is -2.46. The Morgan fingerprint density at radius 2 is 1.68 bits per heavy atom. The Labute approximate surface area is 231 Å². The van der Waals surface area contributed by atoms with Crippen LogP contribution in [0.2, 0.25) is 0 Å². The van der Waals surface area contributed by atoms with E-state index < -0.39 is 20.9 Å². The van der Waals surface area contributed by atoms with E-state index in [0.29, 0.717) is 17.9 Å². The van der Waals surface area contributed by atoms with E-state index in [1.54, 1.807) is 12.1 Å². The first-order valence-electron chi connectivity index (χ1n) is 12.2. The molecule has 2 aliphatic rings. The lowest BCUT2D eigenvalue weighted by molar-refractivity contribution is -0.137. The second-order valence-electron chi connectivity index (χ2n) is 10.8. The SMILES string of the molecule is CC(C)(C)N1CCC(COCCc2cc(C(F)(F)F)cc3c2NC(=O)C3(Br)Br)(c2ccc(F)cc2)CC1. The molecule has 0 aromatic heterocycles. The van der Waals surface area contributed by atoms with Crippen LogP contribution in [0, 0.1) is 5.82 Å². The van der Waals surface area contributed by atoms with Crippen LogP contribution in [0.5, 0.6) is 0 Å². The maximum Gasteiger partial charge on any atom is 0.416 e. The summed E-state index contributed by atoms with van der Waals surface area (Å²) in [6, 6.07) is 8.55. The molecule has 202 valence electrons. The molecule has 0 radical (unpaired) electrons. The number of nitrogens with zero attached hydrogens (tertiary/aromatic N) is 1. The van der Waals surface area contributed by atoms with E-state index in [2.05, 4.69) is 62.8 Å². The van der Waals surface area contributed by atoms with Gasteiger partial charge in [0, 0.05) is 16.5 Å². The summed E-state index contributed by atoms with van der Waals surface area (Å²) in [7, 11) is 0. The Morgan fingerprint density at radius 1 is 1.05 bits per heavy atom. The number of carbonyl (C=O) groups excluding carboxylic acids is 1. The molecule has 1 amide bonds. The summed E-state index contributed by atoms with van der Waals surface area (Å²) in [5.74, 6) is -0.785. The van der Waals surface area contributed by atoms with E-state index in [0.717, 1.165) is 43.6 Å². The summed E-state index contributed by atoms with van der Waals surface area (Å²) < 4.78 is 59.1. The zero-order chi connectivity index (χ0) is 27.2. The first-order valence-corrected chi connectivity index (χ1v) is 13.7. The highest BCUT2D eigenvalue weighted by Gasteiger charge is 2.46. The first-order chi connectivity index (χ1) is 17.1. The van der Waals surface area contributed by atoms with Crippen LogP contribution in [0.25, 0.3) is 0 Å². The predicted molar refractivity (Wildman–Crippen MR) is 143 cm³/mol. The van der Waals surface area contributed by atoms with Crippen LogP contribution >= 0.6 is 31.9 Å². The Balaban J connectivity index is 1.52. The number of piperidine rings is 1. The number of fused-ring (bicyclic) bond motifs is 1. The molecule has 2 aliphatic heterocycles. The number of alkyl halides is 5. The van der Waals surface area contributed by atoms with Crippen LogP contribution in [-0.2, 0) is 30.8 Å². The van der Waals surface area contributed by atoms with Crippen LogP contribution in [0.1, 0.15) is 55.9 Å². The number of halogens is 6. The number of anilines is 1. The molecule has 0 spiro atoms. The van der Waals surface area contributed by atoms with Crippen molar-refractivity contribution in [2.45, 2.75) is 60.4 Å². The number of hydrogen-bond donors (Lipinski definition) is 1. The molecule has 2 aromatic carbocycles. The Hall–Kier alpha value is -1.49. The fourth-order valence-electron chi connectivity index (χ4n) is 5.15. The normalized spacial score (nSPS) is 19.5. The third kappa shape index (κ3) is 5.92. The monoisotopic (exact) mass is 648 g/mol. The molecule has 2 aromatic rings. The van der Waals surface area contributed by atoms with Gasteiger partial charge in [-0.25, -0.2) is 4.39 Å². The average Bonchev–Trinajstić information content (AvgIpc) is 3.04. The van der Waals surface area contributed by atoms with Crippen molar-refractivity contribution in [1.29, 1.82) is 0 Å². The van der Waals surface area contributed by atoms with Crippen molar-refractivity contribution in [3.05, 3.63) is 64.5 Å². The van der Waals surface area contributed by atoms with Crippen molar-refractivity contribution >= 4 is 43.5 Å². The number of ether oxygens (including phenoxy) is 1. The zero-order valence-corrected chi connectivity index (χ0v) is 24.1. The molecule has 1 fully saturated rings. The first kappa shape index (κ1) is 28.5. The number of amides is 1. The Bertz CT molecular complexity index is 1150. The molecule has 0 saturated carbocycles. The molecule has 0 bridgehead atoms. The van der Waals surface area contributed by atoms with Crippen molar-refractivity contribution in [2.75, 3.05) is 31.6 Å². The molecular weight excluding hydrogens is 620 g/mol. The quantitative estimate of drug-likeness (QED) is 0.206. The maximum atomic E-state index is 13.6. The number of benzene rings is 2. The molecule has 4 rings (SSSR count). The van der Waals surface area contributed by atoms with E-state index in [9.17, 15) is 22.4 Å². The van der Waals surface area contributed by atoms with Gasteiger partial charge in [-0.2, -0.15) is 13.2 Å². The van der Waals surface area contributed by atoms with Gasteiger partial charge in [-0.15, -0.1) is 0 Å². The Morgan fingerprint density at radius 3 is 2.24 bits per heavy atom. The topological polar surface area (TPSA) is 41.6 Å². The highest BCUT2D eigenvalue weighted by atomic mass is 79.9. The van der Waals surface area contributed by atoms with Crippen molar-refractivity contribution in [1.82, 2.24) is 4.90 Å². The van der Waals surface area contributed by atoms with Gasteiger partial charge in [0.1, 0.15) is 5.82 Å². The predicted octanol–water partition coefficient (Wildman–Crippen LogP) is 7.13. The highest BCUT2D eigenvalue weighted by molar-refractivity contribution is 9.25. The van der Waals surface area contributed by atoms with E-state index in [4.69, 9.17) is 4.74 Å². The second kappa shape index (κ2) is 10.2. The van der Waals surface area contributed by atoms with Gasteiger partial charge in [0.2, 0.25) is 0 Å². The molecular formula is C27H30Br2F4N2O2. The molecule has 0 atom stereocenters. The summed E-state index contributed by atoms with van der Waals surface area (Å²) in [6.07, 6.45) is -2.72. The summed E-state index contributed by atoms with van der Waals surface area (Å²) in [4.78, 5) is 14.8. The van der Waals surface area contributed by atoms with Crippen LogP contribution in [0.15, 0.2) is 36.4 Å². The number of carbonyl (C=O) groups is 1.